The van der Waals surface area contributed by atoms with Gasteiger partial charge in [0.15, 0.2) is 0 Å². The van der Waals surface area contributed by atoms with E-state index in [1.165, 1.54) is 0 Å². The molecule has 0 aromatic rings. The number of piperidine rings is 1. The van der Waals surface area contributed by atoms with Gasteiger partial charge in [-0.05, 0) is 12.8 Å². The van der Waals surface area contributed by atoms with Gasteiger partial charge in [0.25, 0.3) is 0 Å². The van der Waals surface area contributed by atoms with Gasteiger partial charge in [-0.2, -0.15) is 0 Å². The maximum absolute atomic E-state index is 12.4. The first kappa shape index (κ1) is 14.3. The minimum atomic E-state index is -0.0189. The molecule has 5 nitrogen and oxygen atoms in total. The molecule has 0 aliphatic carbocycles. The fourth-order valence-corrected chi connectivity index (χ4v) is 2.79. The Labute approximate surface area is 114 Å². The van der Waals surface area contributed by atoms with Crippen molar-refractivity contribution >= 4 is 11.8 Å². The van der Waals surface area contributed by atoms with E-state index in [2.05, 4.69) is 0 Å². The molecule has 2 heterocycles. The molecule has 2 aliphatic rings. The molecule has 2 fully saturated rings. The molecule has 2 rings (SSSR count). The quantitative estimate of drug-likeness (QED) is 0.742. The van der Waals surface area contributed by atoms with Crippen molar-refractivity contribution in [2.75, 3.05) is 39.4 Å². The summed E-state index contributed by atoms with van der Waals surface area (Å²) in [5.74, 6) is 0.357. The zero-order valence-corrected chi connectivity index (χ0v) is 11.9. The van der Waals surface area contributed by atoms with Gasteiger partial charge in [-0.15, -0.1) is 0 Å². The fraction of sp³-hybridized carbons (Fsp3) is 0.857. The average Bonchev–Trinajstić information content (AvgIpc) is 2.46. The van der Waals surface area contributed by atoms with Gasteiger partial charge in [-0.3, -0.25) is 9.59 Å². The third-order valence-electron chi connectivity index (χ3n) is 3.90. The second-order valence-electron chi connectivity index (χ2n) is 5.72. The van der Waals surface area contributed by atoms with E-state index in [1.807, 2.05) is 23.6 Å². The van der Waals surface area contributed by atoms with Crippen molar-refractivity contribution in [3.63, 3.8) is 0 Å². The van der Waals surface area contributed by atoms with Crippen molar-refractivity contribution in [2.45, 2.75) is 26.7 Å². The molecule has 2 saturated heterocycles. The van der Waals surface area contributed by atoms with Gasteiger partial charge < -0.3 is 14.5 Å². The number of morpholine rings is 1. The maximum atomic E-state index is 12.4. The Kier molecular flexibility index (Phi) is 4.80. The lowest BCUT2D eigenvalue weighted by Gasteiger charge is -2.36. The summed E-state index contributed by atoms with van der Waals surface area (Å²) >= 11 is 0. The Bertz CT molecular complexity index is 338. The number of hydrogen-bond acceptors (Lipinski definition) is 3. The van der Waals surface area contributed by atoms with Crippen LogP contribution >= 0.6 is 0 Å². The summed E-state index contributed by atoms with van der Waals surface area (Å²) in [6, 6.07) is 0. The van der Waals surface area contributed by atoms with E-state index >= 15 is 0 Å². The molecule has 1 unspecified atom stereocenters. The van der Waals surface area contributed by atoms with Crippen LogP contribution in [0.1, 0.15) is 26.7 Å². The highest BCUT2D eigenvalue weighted by atomic mass is 16.5. The highest BCUT2D eigenvalue weighted by molar-refractivity contribution is 5.82. The summed E-state index contributed by atoms with van der Waals surface area (Å²) in [4.78, 5) is 28.2. The molecule has 0 aromatic heterocycles. The Balaban J connectivity index is 1.92. The van der Waals surface area contributed by atoms with Gasteiger partial charge in [-0.25, -0.2) is 0 Å². The Hall–Kier alpha value is -1.10. The number of ether oxygens (including phenoxy) is 1. The molecule has 108 valence electrons. The monoisotopic (exact) mass is 268 g/mol. The highest BCUT2D eigenvalue weighted by Gasteiger charge is 2.32. The molecular formula is C14H24N2O3. The summed E-state index contributed by atoms with van der Waals surface area (Å²) in [5, 5.41) is 0. The first-order valence-electron chi connectivity index (χ1n) is 7.25. The van der Waals surface area contributed by atoms with Gasteiger partial charge >= 0.3 is 0 Å². The lowest BCUT2D eigenvalue weighted by molar-refractivity contribution is -0.145. The van der Waals surface area contributed by atoms with Crippen LogP contribution in [0.25, 0.3) is 0 Å². The zero-order valence-electron chi connectivity index (χ0n) is 11.9. The van der Waals surface area contributed by atoms with E-state index in [-0.39, 0.29) is 23.7 Å². The maximum Gasteiger partial charge on any atom is 0.227 e. The number of hydrogen-bond donors (Lipinski definition) is 0. The first-order valence-corrected chi connectivity index (χ1v) is 7.25. The molecule has 0 spiro atoms. The molecule has 1 atom stereocenters. The molecule has 0 saturated carbocycles. The van der Waals surface area contributed by atoms with E-state index in [4.69, 9.17) is 4.74 Å². The summed E-state index contributed by atoms with van der Waals surface area (Å²) in [5.41, 5.74) is 0. The van der Waals surface area contributed by atoms with Crippen LogP contribution in [0.3, 0.4) is 0 Å². The van der Waals surface area contributed by atoms with Crippen LogP contribution in [0, 0.1) is 11.8 Å². The molecule has 5 heteroatoms. The predicted octanol–water partition coefficient (Wildman–Crippen LogP) is 0.740. The van der Waals surface area contributed by atoms with Crippen LogP contribution in [0.5, 0.6) is 0 Å². The highest BCUT2D eigenvalue weighted by Crippen LogP contribution is 2.21. The molecule has 2 amide bonds. The van der Waals surface area contributed by atoms with Crippen LogP contribution in [0.4, 0.5) is 0 Å². The Morgan fingerprint density at radius 2 is 1.79 bits per heavy atom. The van der Waals surface area contributed by atoms with Crippen LogP contribution in [-0.4, -0.2) is 61.0 Å². The second kappa shape index (κ2) is 6.37. The average molecular weight is 268 g/mol. The van der Waals surface area contributed by atoms with Crippen molar-refractivity contribution in [1.29, 1.82) is 0 Å². The second-order valence-corrected chi connectivity index (χ2v) is 5.72. The van der Waals surface area contributed by atoms with Crippen molar-refractivity contribution in [1.82, 2.24) is 9.80 Å². The van der Waals surface area contributed by atoms with Crippen LogP contribution in [0.15, 0.2) is 0 Å². The van der Waals surface area contributed by atoms with Crippen LogP contribution in [0.2, 0.25) is 0 Å². The SMILES string of the molecule is CC(C)C(=O)N1CCCC(C(=O)N2CCOCC2)C1. The van der Waals surface area contributed by atoms with Crippen LogP contribution in [-0.2, 0) is 14.3 Å². The van der Waals surface area contributed by atoms with E-state index in [0.29, 0.717) is 32.8 Å². The minimum absolute atomic E-state index is 0.0113. The van der Waals surface area contributed by atoms with E-state index in [1.54, 1.807) is 0 Å². The number of carbonyl (C=O) groups is 2. The summed E-state index contributed by atoms with van der Waals surface area (Å²) in [6.07, 6.45) is 1.83. The lowest BCUT2D eigenvalue weighted by Crippen LogP contribution is -2.50. The van der Waals surface area contributed by atoms with Crippen molar-refractivity contribution in [3.05, 3.63) is 0 Å². The molecule has 19 heavy (non-hydrogen) atoms. The van der Waals surface area contributed by atoms with Gasteiger partial charge in [0.05, 0.1) is 19.1 Å². The van der Waals surface area contributed by atoms with Crippen LogP contribution < -0.4 is 0 Å². The first-order chi connectivity index (χ1) is 9.09. The van der Waals surface area contributed by atoms with Crippen molar-refractivity contribution < 1.29 is 14.3 Å². The summed E-state index contributed by atoms with van der Waals surface area (Å²) < 4.78 is 5.27. The Morgan fingerprint density at radius 3 is 2.42 bits per heavy atom. The number of nitrogens with zero attached hydrogens (tertiary/aromatic N) is 2. The lowest BCUT2D eigenvalue weighted by atomic mass is 9.95. The van der Waals surface area contributed by atoms with E-state index in [9.17, 15) is 9.59 Å². The van der Waals surface area contributed by atoms with E-state index < -0.39 is 0 Å². The van der Waals surface area contributed by atoms with Crippen molar-refractivity contribution in [3.8, 4) is 0 Å². The number of amides is 2. The smallest absolute Gasteiger partial charge is 0.227 e. The summed E-state index contributed by atoms with van der Waals surface area (Å²) in [6.45, 7) is 7.85. The third kappa shape index (κ3) is 3.47. The number of rotatable bonds is 2. The molecule has 2 aliphatic heterocycles. The number of carbonyl (C=O) groups excluding carboxylic acids is 2. The third-order valence-corrected chi connectivity index (χ3v) is 3.90. The molecular weight excluding hydrogens is 244 g/mol. The molecule has 0 radical (unpaired) electrons. The van der Waals surface area contributed by atoms with Gasteiger partial charge in [0, 0.05) is 32.1 Å². The normalized spacial score (nSPS) is 24.7. The Morgan fingerprint density at radius 1 is 1.11 bits per heavy atom. The zero-order chi connectivity index (χ0) is 13.8. The van der Waals surface area contributed by atoms with Crippen molar-refractivity contribution in [2.24, 2.45) is 11.8 Å². The number of likely N-dealkylation sites (tertiary alicyclic amines) is 1. The topological polar surface area (TPSA) is 49.9 Å². The molecule has 0 N–H and O–H groups in total. The van der Waals surface area contributed by atoms with Gasteiger partial charge in [0.1, 0.15) is 0 Å². The molecule has 0 bridgehead atoms. The summed E-state index contributed by atoms with van der Waals surface area (Å²) in [7, 11) is 0. The predicted molar refractivity (Wildman–Crippen MR) is 71.5 cm³/mol. The minimum Gasteiger partial charge on any atom is -0.378 e. The fourth-order valence-electron chi connectivity index (χ4n) is 2.79. The largest absolute Gasteiger partial charge is 0.378 e. The van der Waals surface area contributed by atoms with Gasteiger partial charge in [-0.1, -0.05) is 13.8 Å². The standard InChI is InChI=1S/C14H24N2O3/c1-11(2)13(17)16-5-3-4-12(10-16)14(18)15-6-8-19-9-7-15/h11-12H,3-10H2,1-2H3. The van der Waals surface area contributed by atoms with E-state index in [0.717, 1.165) is 19.4 Å². The molecule has 0 aromatic carbocycles. The van der Waals surface area contributed by atoms with Gasteiger partial charge in [0.2, 0.25) is 11.8 Å².